The van der Waals surface area contributed by atoms with Crippen molar-refractivity contribution in [1.29, 1.82) is 0 Å². The van der Waals surface area contributed by atoms with Crippen LogP contribution in [-0.4, -0.2) is 24.0 Å². The van der Waals surface area contributed by atoms with E-state index in [4.69, 9.17) is 0 Å². The number of nitro benzene ring substituents is 1. The molecule has 92 valence electrons. The zero-order chi connectivity index (χ0) is 12.8. The first-order chi connectivity index (χ1) is 8.04. The smallest absolute Gasteiger partial charge is 0.325 e. The van der Waals surface area contributed by atoms with Crippen LogP contribution in [0.3, 0.4) is 0 Å². The number of rotatable bonds is 5. The molecule has 0 aromatic heterocycles. The number of nitro groups is 1. The highest BCUT2D eigenvalue weighted by atomic mass is 19.1. The van der Waals surface area contributed by atoms with E-state index in [0.717, 1.165) is 12.1 Å². The van der Waals surface area contributed by atoms with Gasteiger partial charge in [0, 0.05) is 0 Å². The number of esters is 1. The van der Waals surface area contributed by atoms with Crippen LogP contribution in [0.25, 0.3) is 0 Å². The largest absolute Gasteiger partial charge is 0.465 e. The van der Waals surface area contributed by atoms with Gasteiger partial charge in [-0.25, -0.2) is 4.39 Å². The Morgan fingerprint density at radius 2 is 2.29 bits per heavy atom. The van der Waals surface area contributed by atoms with Gasteiger partial charge in [-0.2, -0.15) is 0 Å². The summed E-state index contributed by atoms with van der Waals surface area (Å²) in [5, 5.41) is 13.2. The van der Waals surface area contributed by atoms with Crippen LogP contribution in [0, 0.1) is 15.9 Å². The minimum atomic E-state index is -0.726. The maximum absolute atomic E-state index is 12.8. The summed E-state index contributed by atoms with van der Waals surface area (Å²) in [5.41, 5.74) is -0.348. The van der Waals surface area contributed by atoms with Crippen LogP contribution in [0.15, 0.2) is 18.2 Å². The van der Waals surface area contributed by atoms with Crippen LogP contribution in [0.1, 0.15) is 6.92 Å². The van der Waals surface area contributed by atoms with Gasteiger partial charge in [0.1, 0.15) is 18.0 Å². The summed E-state index contributed by atoms with van der Waals surface area (Å²) < 4.78 is 17.4. The summed E-state index contributed by atoms with van der Waals surface area (Å²) in [6, 6.07) is 3.06. The average molecular weight is 242 g/mol. The normalized spacial score (nSPS) is 9.76. The number of carbonyl (C=O) groups is 1. The molecular formula is C10H11FN2O4. The predicted octanol–water partition coefficient (Wildman–Crippen LogP) is 1.71. The van der Waals surface area contributed by atoms with Crippen molar-refractivity contribution < 1.29 is 18.8 Å². The molecule has 7 heteroatoms. The fraction of sp³-hybridized carbons (Fsp3) is 0.300. The van der Waals surface area contributed by atoms with Crippen LogP contribution in [0.5, 0.6) is 0 Å². The summed E-state index contributed by atoms with van der Waals surface area (Å²) >= 11 is 0. The maximum Gasteiger partial charge on any atom is 0.325 e. The lowest BCUT2D eigenvalue weighted by molar-refractivity contribution is -0.384. The molecule has 0 saturated heterocycles. The highest BCUT2D eigenvalue weighted by Gasteiger charge is 2.15. The molecule has 1 N–H and O–H groups in total. The van der Waals surface area contributed by atoms with E-state index in [1.165, 1.54) is 6.07 Å². The Balaban J connectivity index is 2.77. The molecule has 0 fully saturated rings. The van der Waals surface area contributed by atoms with Crippen molar-refractivity contribution in [2.75, 3.05) is 18.5 Å². The highest BCUT2D eigenvalue weighted by Crippen LogP contribution is 2.24. The van der Waals surface area contributed by atoms with Gasteiger partial charge < -0.3 is 10.1 Å². The molecule has 0 aliphatic carbocycles. The molecule has 0 atom stereocenters. The molecule has 0 spiro atoms. The lowest BCUT2D eigenvalue weighted by Crippen LogP contribution is -2.17. The Bertz CT molecular complexity index is 436. The van der Waals surface area contributed by atoms with Crippen LogP contribution in [0.2, 0.25) is 0 Å². The van der Waals surface area contributed by atoms with Crippen LogP contribution < -0.4 is 5.32 Å². The quantitative estimate of drug-likeness (QED) is 0.483. The van der Waals surface area contributed by atoms with E-state index < -0.39 is 22.4 Å². The second-order valence-electron chi connectivity index (χ2n) is 3.08. The van der Waals surface area contributed by atoms with Gasteiger partial charge in [0.05, 0.1) is 17.6 Å². The Kier molecular flexibility index (Phi) is 4.38. The molecule has 1 aromatic rings. The number of nitrogens with zero attached hydrogens (tertiary/aromatic N) is 1. The maximum atomic E-state index is 12.8. The number of halogens is 1. The fourth-order valence-electron chi connectivity index (χ4n) is 1.18. The Hall–Kier alpha value is -2.18. The van der Waals surface area contributed by atoms with E-state index in [-0.39, 0.29) is 18.8 Å². The van der Waals surface area contributed by atoms with Gasteiger partial charge in [0.25, 0.3) is 5.69 Å². The molecule has 0 heterocycles. The van der Waals surface area contributed by atoms with Gasteiger partial charge in [-0.3, -0.25) is 14.9 Å². The summed E-state index contributed by atoms with van der Waals surface area (Å²) in [6.45, 7) is 1.67. The van der Waals surface area contributed by atoms with Crippen LogP contribution in [0.4, 0.5) is 15.8 Å². The van der Waals surface area contributed by atoms with Gasteiger partial charge in [-0.15, -0.1) is 0 Å². The minimum Gasteiger partial charge on any atom is -0.465 e. The summed E-state index contributed by atoms with van der Waals surface area (Å²) in [6.07, 6.45) is 0. The lowest BCUT2D eigenvalue weighted by Gasteiger charge is -2.06. The van der Waals surface area contributed by atoms with Gasteiger partial charge in [-0.05, 0) is 19.1 Å². The molecule has 1 rings (SSSR count). The molecule has 0 unspecified atom stereocenters. The van der Waals surface area contributed by atoms with E-state index in [2.05, 4.69) is 10.1 Å². The molecule has 0 aliphatic heterocycles. The third kappa shape index (κ3) is 3.71. The predicted molar refractivity (Wildman–Crippen MR) is 58.2 cm³/mol. The van der Waals surface area contributed by atoms with Crippen molar-refractivity contribution in [2.45, 2.75) is 6.92 Å². The molecule has 0 bridgehead atoms. The summed E-state index contributed by atoms with van der Waals surface area (Å²) in [5.74, 6) is -1.25. The molecule has 17 heavy (non-hydrogen) atoms. The number of ether oxygens (including phenoxy) is 1. The SMILES string of the molecule is CCOC(=O)CNc1ccc(F)cc1[N+](=O)[O-]. The monoisotopic (exact) mass is 242 g/mol. The third-order valence-electron chi connectivity index (χ3n) is 1.88. The lowest BCUT2D eigenvalue weighted by atomic mass is 10.2. The molecule has 0 amide bonds. The van der Waals surface area contributed by atoms with Gasteiger partial charge in [0.15, 0.2) is 0 Å². The van der Waals surface area contributed by atoms with Crippen molar-refractivity contribution in [3.05, 3.63) is 34.1 Å². The third-order valence-corrected chi connectivity index (χ3v) is 1.88. The molecule has 0 radical (unpaired) electrons. The molecule has 6 nitrogen and oxygen atoms in total. The zero-order valence-corrected chi connectivity index (χ0v) is 9.10. The van der Waals surface area contributed by atoms with Crippen LogP contribution >= 0.6 is 0 Å². The van der Waals surface area contributed by atoms with E-state index in [0.29, 0.717) is 0 Å². The van der Waals surface area contributed by atoms with E-state index >= 15 is 0 Å². The highest BCUT2D eigenvalue weighted by molar-refractivity contribution is 5.76. The summed E-state index contributed by atoms with van der Waals surface area (Å²) in [4.78, 5) is 20.9. The Morgan fingerprint density at radius 1 is 1.59 bits per heavy atom. The zero-order valence-electron chi connectivity index (χ0n) is 9.10. The van der Waals surface area contributed by atoms with Crippen molar-refractivity contribution in [1.82, 2.24) is 0 Å². The fourth-order valence-corrected chi connectivity index (χ4v) is 1.18. The van der Waals surface area contributed by atoms with E-state index in [9.17, 15) is 19.3 Å². The molecule has 1 aromatic carbocycles. The minimum absolute atomic E-state index is 0.0736. The van der Waals surface area contributed by atoms with Gasteiger partial charge >= 0.3 is 5.97 Å². The average Bonchev–Trinajstić information content (AvgIpc) is 2.27. The second kappa shape index (κ2) is 5.78. The van der Waals surface area contributed by atoms with E-state index in [1.807, 2.05) is 0 Å². The summed E-state index contributed by atoms with van der Waals surface area (Å²) in [7, 11) is 0. The number of hydrogen-bond donors (Lipinski definition) is 1. The standard InChI is InChI=1S/C10H11FN2O4/c1-2-17-10(14)6-12-8-4-3-7(11)5-9(8)13(15)16/h3-5,12H,2,6H2,1H3. The molecule has 0 saturated carbocycles. The van der Waals surface area contributed by atoms with Crippen molar-refractivity contribution in [3.8, 4) is 0 Å². The molecular weight excluding hydrogens is 231 g/mol. The number of benzene rings is 1. The van der Waals surface area contributed by atoms with Gasteiger partial charge in [0.2, 0.25) is 0 Å². The van der Waals surface area contributed by atoms with Crippen molar-refractivity contribution in [2.24, 2.45) is 0 Å². The van der Waals surface area contributed by atoms with Crippen molar-refractivity contribution >= 4 is 17.3 Å². The Morgan fingerprint density at radius 3 is 2.88 bits per heavy atom. The Labute approximate surface area is 96.5 Å². The topological polar surface area (TPSA) is 81.5 Å². The first-order valence-corrected chi connectivity index (χ1v) is 4.88. The van der Waals surface area contributed by atoms with Crippen LogP contribution in [-0.2, 0) is 9.53 Å². The number of nitrogens with one attached hydrogen (secondary N) is 1. The first kappa shape index (κ1) is 12.9. The number of carbonyl (C=O) groups excluding carboxylic acids is 1. The van der Waals surface area contributed by atoms with Crippen molar-refractivity contribution in [3.63, 3.8) is 0 Å². The molecule has 0 aliphatic rings. The number of anilines is 1. The first-order valence-electron chi connectivity index (χ1n) is 4.88. The van der Waals surface area contributed by atoms with Gasteiger partial charge in [-0.1, -0.05) is 0 Å². The van der Waals surface area contributed by atoms with E-state index in [1.54, 1.807) is 6.92 Å². The number of hydrogen-bond acceptors (Lipinski definition) is 5. The second-order valence-corrected chi connectivity index (χ2v) is 3.08.